The minimum atomic E-state index is 0.183. The van der Waals surface area contributed by atoms with Gasteiger partial charge < -0.3 is 10.8 Å². The van der Waals surface area contributed by atoms with E-state index < -0.39 is 0 Å². The molecule has 1 aromatic rings. The molecule has 3 heteroatoms. The highest BCUT2D eigenvalue weighted by Gasteiger charge is 2.15. The average molecular weight is 300 g/mol. The van der Waals surface area contributed by atoms with Crippen LogP contribution in [0.1, 0.15) is 36.8 Å². The summed E-state index contributed by atoms with van der Waals surface area (Å²) in [5, 5.41) is 9.23. The van der Waals surface area contributed by atoms with Crippen LogP contribution in [0, 0.1) is 12.8 Å². The van der Waals surface area contributed by atoms with E-state index in [2.05, 4.69) is 48.0 Å². The van der Waals surface area contributed by atoms with Gasteiger partial charge in [0.1, 0.15) is 0 Å². The summed E-state index contributed by atoms with van der Waals surface area (Å²) in [6.45, 7) is 5.03. The maximum absolute atomic E-state index is 9.23. The Morgan fingerprint density at radius 1 is 1.41 bits per heavy atom. The summed E-state index contributed by atoms with van der Waals surface area (Å²) in [7, 11) is 0. The number of benzene rings is 1. The minimum Gasteiger partial charge on any atom is -0.396 e. The molecule has 0 spiro atoms. The number of aryl methyl sites for hydroxylation is 1. The molecule has 0 aliphatic rings. The van der Waals surface area contributed by atoms with Gasteiger partial charge in [0, 0.05) is 11.1 Å². The van der Waals surface area contributed by atoms with Crippen LogP contribution in [0.4, 0.5) is 0 Å². The molecule has 0 saturated carbocycles. The molecule has 1 aromatic carbocycles. The molecule has 2 atom stereocenters. The van der Waals surface area contributed by atoms with Gasteiger partial charge in [-0.25, -0.2) is 0 Å². The van der Waals surface area contributed by atoms with Crippen molar-refractivity contribution in [1.82, 2.24) is 0 Å². The predicted octanol–water partition coefficient (Wildman–Crippen LogP) is 3.21. The van der Waals surface area contributed by atoms with Gasteiger partial charge in [-0.15, -0.1) is 0 Å². The topological polar surface area (TPSA) is 46.2 Å². The maximum atomic E-state index is 9.23. The van der Waals surface area contributed by atoms with Crippen LogP contribution in [0.5, 0.6) is 0 Å². The third-order valence-corrected chi connectivity index (χ3v) is 4.25. The van der Waals surface area contributed by atoms with E-state index >= 15 is 0 Å². The van der Waals surface area contributed by atoms with Crippen LogP contribution >= 0.6 is 15.9 Å². The van der Waals surface area contributed by atoms with Gasteiger partial charge in [0.2, 0.25) is 0 Å². The summed E-state index contributed by atoms with van der Waals surface area (Å²) in [6, 6.07) is 6.49. The molecule has 0 aromatic heterocycles. The second-order valence-corrected chi connectivity index (χ2v) is 5.49. The van der Waals surface area contributed by atoms with E-state index in [-0.39, 0.29) is 12.5 Å². The van der Waals surface area contributed by atoms with Gasteiger partial charge in [0.05, 0.1) is 0 Å². The van der Waals surface area contributed by atoms with Crippen LogP contribution in [0.3, 0.4) is 0 Å². The summed E-state index contributed by atoms with van der Waals surface area (Å²) < 4.78 is 1.15. The number of hydrogen-bond donors (Lipinski definition) is 2. The zero-order valence-corrected chi connectivity index (χ0v) is 12.2. The summed E-state index contributed by atoms with van der Waals surface area (Å²) in [4.78, 5) is 0. The highest BCUT2D eigenvalue weighted by atomic mass is 79.9. The molecule has 0 fully saturated rings. The van der Waals surface area contributed by atoms with Gasteiger partial charge in [-0.2, -0.15) is 0 Å². The Morgan fingerprint density at radius 2 is 2.12 bits per heavy atom. The minimum absolute atomic E-state index is 0.183. The van der Waals surface area contributed by atoms with Crippen molar-refractivity contribution >= 4 is 15.9 Å². The van der Waals surface area contributed by atoms with Crippen molar-refractivity contribution in [3.8, 4) is 0 Å². The molecular formula is C14H22BrNO. The van der Waals surface area contributed by atoms with Crippen LogP contribution in [-0.4, -0.2) is 18.3 Å². The second-order valence-electron chi connectivity index (χ2n) is 4.63. The van der Waals surface area contributed by atoms with Crippen molar-refractivity contribution in [3.63, 3.8) is 0 Å². The molecule has 1 rings (SSSR count). The molecule has 0 aliphatic heterocycles. The normalized spacial score (nSPS) is 14.6. The SMILES string of the molecule is CCC(CC(CN)CO)c1ccc(Br)c(C)c1. The Balaban J connectivity index is 2.82. The number of aliphatic hydroxyl groups is 1. The van der Waals surface area contributed by atoms with Crippen molar-refractivity contribution in [2.45, 2.75) is 32.6 Å². The van der Waals surface area contributed by atoms with E-state index in [1.54, 1.807) is 0 Å². The fourth-order valence-electron chi connectivity index (χ4n) is 2.11. The van der Waals surface area contributed by atoms with Crippen molar-refractivity contribution < 1.29 is 5.11 Å². The average Bonchev–Trinajstić information content (AvgIpc) is 2.35. The number of hydrogen-bond acceptors (Lipinski definition) is 2. The Hall–Kier alpha value is -0.380. The van der Waals surface area contributed by atoms with Crippen LogP contribution < -0.4 is 5.73 Å². The molecule has 3 N–H and O–H groups in total. The molecule has 0 saturated heterocycles. The van der Waals surface area contributed by atoms with E-state index in [4.69, 9.17) is 5.73 Å². The molecule has 2 nitrogen and oxygen atoms in total. The third-order valence-electron chi connectivity index (χ3n) is 3.36. The van der Waals surface area contributed by atoms with E-state index in [0.717, 1.165) is 17.3 Å². The molecular weight excluding hydrogens is 278 g/mol. The van der Waals surface area contributed by atoms with Crippen molar-refractivity contribution in [2.24, 2.45) is 11.7 Å². The smallest absolute Gasteiger partial charge is 0.0471 e. The molecule has 17 heavy (non-hydrogen) atoms. The lowest BCUT2D eigenvalue weighted by Crippen LogP contribution is -2.20. The standard InChI is InChI=1S/C14H22BrNO/c1-3-12(7-11(8-16)9-17)13-4-5-14(15)10(2)6-13/h4-6,11-12,17H,3,7-9,16H2,1-2H3. The van der Waals surface area contributed by atoms with Gasteiger partial charge in [-0.05, 0) is 55.3 Å². The molecule has 0 aliphatic carbocycles. The lowest BCUT2D eigenvalue weighted by molar-refractivity contribution is 0.214. The van der Waals surface area contributed by atoms with Gasteiger partial charge in [0.25, 0.3) is 0 Å². The number of halogens is 1. The highest BCUT2D eigenvalue weighted by Crippen LogP contribution is 2.29. The molecule has 96 valence electrons. The molecule has 2 unspecified atom stereocenters. The summed E-state index contributed by atoms with van der Waals surface area (Å²) >= 11 is 3.52. The molecule has 0 amide bonds. The lowest BCUT2D eigenvalue weighted by atomic mass is 9.86. The van der Waals surface area contributed by atoms with Crippen LogP contribution in [0.15, 0.2) is 22.7 Å². The first-order valence-electron chi connectivity index (χ1n) is 6.19. The van der Waals surface area contributed by atoms with E-state index in [9.17, 15) is 5.11 Å². The molecule has 0 bridgehead atoms. The largest absolute Gasteiger partial charge is 0.396 e. The summed E-state index contributed by atoms with van der Waals surface area (Å²) in [6.07, 6.45) is 2.04. The molecule has 0 radical (unpaired) electrons. The maximum Gasteiger partial charge on any atom is 0.0471 e. The quantitative estimate of drug-likeness (QED) is 0.847. The third kappa shape index (κ3) is 4.09. The van der Waals surface area contributed by atoms with Crippen LogP contribution in [0.25, 0.3) is 0 Å². The highest BCUT2D eigenvalue weighted by molar-refractivity contribution is 9.10. The van der Waals surface area contributed by atoms with Crippen molar-refractivity contribution in [1.29, 1.82) is 0 Å². The Kier molecular flexibility index (Phi) is 6.17. The van der Waals surface area contributed by atoms with Crippen LogP contribution in [-0.2, 0) is 0 Å². The first-order valence-corrected chi connectivity index (χ1v) is 6.98. The number of rotatable bonds is 6. The van der Waals surface area contributed by atoms with Crippen molar-refractivity contribution in [2.75, 3.05) is 13.2 Å². The monoisotopic (exact) mass is 299 g/mol. The van der Waals surface area contributed by atoms with E-state index in [1.165, 1.54) is 11.1 Å². The summed E-state index contributed by atoms with van der Waals surface area (Å²) in [5.74, 6) is 0.700. The van der Waals surface area contributed by atoms with Crippen LogP contribution in [0.2, 0.25) is 0 Å². The fraction of sp³-hybridized carbons (Fsp3) is 0.571. The van der Waals surface area contributed by atoms with E-state index in [1.807, 2.05) is 0 Å². The fourth-order valence-corrected chi connectivity index (χ4v) is 2.35. The van der Waals surface area contributed by atoms with Gasteiger partial charge in [-0.1, -0.05) is 35.0 Å². The zero-order valence-electron chi connectivity index (χ0n) is 10.6. The first kappa shape index (κ1) is 14.7. The zero-order chi connectivity index (χ0) is 12.8. The second kappa shape index (κ2) is 7.14. The molecule has 0 heterocycles. The predicted molar refractivity (Wildman–Crippen MR) is 76.2 cm³/mol. The number of nitrogens with two attached hydrogens (primary N) is 1. The summed E-state index contributed by atoms with van der Waals surface area (Å²) in [5.41, 5.74) is 8.26. The first-order chi connectivity index (χ1) is 8.12. The Morgan fingerprint density at radius 3 is 2.59 bits per heavy atom. The Bertz CT molecular complexity index is 350. The van der Waals surface area contributed by atoms with Gasteiger partial charge in [0.15, 0.2) is 0 Å². The van der Waals surface area contributed by atoms with E-state index in [0.29, 0.717) is 12.5 Å². The lowest BCUT2D eigenvalue weighted by Gasteiger charge is -2.21. The van der Waals surface area contributed by atoms with Gasteiger partial charge >= 0.3 is 0 Å². The number of aliphatic hydroxyl groups excluding tert-OH is 1. The van der Waals surface area contributed by atoms with Crippen molar-refractivity contribution in [3.05, 3.63) is 33.8 Å². The Labute approximate surface area is 112 Å². The van der Waals surface area contributed by atoms with Gasteiger partial charge in [-0.3, -0.25) is 0 Å².